The molecule has 0 unspecified atom stereocenters. The number of nitro benzene ring substituents is 1. The summed E-state index contributed by atoms with van der Waals surface area (Å²) in [7, 11) is 0. The normalized spacial score (nSPS) is 9.95. The van der Waals surface area contributed by atoms with Crippen molar-refractivity contribution in [1.29, 1.82) is 5.26 Å². The maximum atomic E-state index is 10.7. The summed E-state index contributed by atoms with van der Waals surface area (Å²) >= 11 is 0. The second-order valence-electron chi connectivity index (χ2n) is 4.06. The van der Waals surface area contributed by atoms with Crippen LogP contribution in [-0.2, 0) is 6.42 Å². The molecule has 0 atom stereocenters. The molecular weight excluding hydrogens is 260 g/mol. The number of benzene rings is 1. The van der Waals surface area contributed by atoms with Crippen LogP contribution in [0.15, 0.2) is 24.5 Å². The highest BCUT2D eigenvalue weighted by molar-refractivity contribution is 5.58. The molecule has 2 aromatic rings. The molecule has 20 heavy (non-hydrogen) atoms. The number of nitro groups is 1. The zero-order valence-electron chi connectivity index (χ0n) is 10.5. The Kier molecular flexibility index (Phi) is 4.24. The van der Waals surface area contributed by atoms with Gasteiger partial charge in [-0.05, 0) is 18.6 Å². The van der Waals surface area contributed by atoms with Gasteiger partial charge in [0.25, 0.3) is 5.69 Å². The smallest absolute Gasteiger partial charge is 0.287 e. The Bertz CT molecular complexity index is 632. The zero-order valence-corrected chi connectivity index (χ0v) is 10.5. The van der Waals surface area contributed by atoms with Crippen molar-refractivity contribution in [3.63, 3.8) is 0 Å². The van der Waals surface area contributed by atoms with E-state index >= 15 is 0 Å². The number of aromatic amines is 1. The predicted octanol–water partition coefficient (Wildman–Crippen LogP) is 1.63. The van der Waals surface area contributed by atoms with Crippen LogP contribution in [0.5, 0.6) is 0 Å². The molecule has 0 aliphatic rings. The Labute approximate surface area is 114 Å². The summed E-state index contributed by atoms with van der Waals surface area (Å²) in [5, 5.41) is 29.2. The van der Waals surface area contributed by atoms with Crippen molar-refractivity contribution in [3.05, 3.63) is 46.0 Å². The van der Waals surface area contributed by atoms with Crippen LogP contribution in [-0.4, -0.2) is 26.6 Å². The molecule has 0 fully saturated rings. The summed E-state index contributed by atoms with van der Waals surface area (Å²) in [5.74, 6) is 0.813. The monoisotopic (exact) mass is 272 g/mol. The van der Waals surface area contributed by atoms with Crippen molar-refractivity contribution in [3.8, 4) is 6.07 Å². The highest BCUT2D eigenvalue weighted by Gasteiger charge is 2.13. The summed E-state index contributed by atoms with van der Waals surface area (Å²) in [6.07, 6.45) is 3.04. The summed E-state index contributed by atoms with van der Waals surface area (Å²) in [4.78, 5) is 14.1. The molecule has 0 spiro atoms. The standard InChI is InChI=1S/C12H12N6O2/c13-7-9-6-10(3-4-11(9)18(19)20)14-5-1-2-12-15-8-16-17-12/h3-4,6,8,14H,1-2,5H2,(H,15,16,17). The van der Waals surface area contributed by atoms with E-state index in [2.05, 4.69) is 20.5 Å². The van der Waals surface area contributed by atoms with Gasteiger partial charge in [-0.3, -0.25) is 15.2 Å². The molecule has 102 valence electrons. The van der Waals surface area contributed by atoms with Gasteiger partial charge in [-0.15, -0.1) is 0 Å². The highest BCUT2D eigenvalue weighted by atomic mass is 16.6. The molecule has 0 radical (unpaired) electrons. The van der Waals surface area contributed by atoms with E-state index < -0.39 is 4.92 Å². The summed E-state index contributed by atoms with van der Waals surface area (Å²) in [6, 6.07) is 6.23. The molecule has 0 saturated heterocycles. The lowest BCUT2D eigenvalue weighted by Crippen LogP contribution is -2.04. The number of hydrogen-bond acceptors (Lipinski definition) is 6. The van der Waals surface area contributed by atoms with Crippen LogP contribution in [0.3, 0.4) is 0 Å². The highest BCUT2D eigenvalue weighted by Crippen LogP contribution is 2.21. The molecular formula is C12H12N6O2. The summed E-state index contributed by atoms with van der Waals surface area (Å²) in [6.45, 7) is 0.670. The Balaban J connectivity index is 1.90. The van der Waals surface area contributed by atoms with Gasteiger partial charge in [-0.1, -0.05) is 0 Å². The van der Waals surface area contributed by atoms with E-state index in [0.717, 1.165) is 18.7 Å². The second kappa shape index (κ2) is 6.29. The largest absolute Gasteiger partial charge is 0.385 e. The molecule has 0 aliphatic carbocycles. The third-order valence-corrected chi connectivity index (χ3v) is 2.70. The molecule has 0 amide bonds. The zero-order chi connectivity index (χ0) is 14.4. The number of H-pyrrole nitrogens is 1. The fourth-order valence-corrected chi connectivity index (χ4v) is 1.73. The molecule has 2 rings (SSSR count). The van der Waals surface area contributed by atoms with Crippen LogP contribution >= 0.6 is 0 Å². The maximum absolute atomic E-state index is 10.7. The van der Waals surface area contributed by atoms with Gasteiger partial charge in [-0.2, -0.15) is 10.4 Å². The fourth-order valence-electron chi connectivity index (χ4n) is 1.73. The Morgan fingerprint density at radius 3 is 3.00 bits per heavy atom. The van der Waals surface area contributed by atoms with Gasteiger partial charge in [-0.25, -0.2) is 4.98 Å². The van der Waals surface area contributed by atoms with Crippen molar-refractivity contribution < 1.29 is 4.92 Å². The minimum Gasteiger partial charge on any atom is -0.385 e. The van der Waals surface area contributed by atoms with Crippen molar-refractivity contribution in [2.24, 2.45) is 0 Å². The van der Waals surface area contributed by atoms with Gasteiger partial charge in [0, 0.05) is 24.7 Å². The van der Waals surface area contributed by atoms with Crippen molar-refractivity contribution in [2.75, 3.05) is 11.9 Å². The van der Waals surface area contributed by atoms with Gasteiger partial charge in [0.1, 0.15) is 23.8 Å². The first kappa shape index (κ1) is 13.5. The van der Waals surface area contributed by atoms with Gasteiger partial charge in [0.15, 0.2) is 0 Å². The number of aryl methyl sites for hydroxylation is 1. The number of anilines is 1. The molecule has 1 aromatic heterocycles. The number of nitriles is 1. The molecule has 2 N–H and O–H groups in total. The van der Waals surface area contributed by atoms with Crippen LogP contribution in [0.1, 0.15) is 17.8 Å². The number of rotatable bonds is 6. The first-order chi connectivity index (χ1) is 9.70. The van der Waals surface area contributed by atoms with Gasteiger partial charge in [0.2, 0.25) is 0 Å². The third-order valence-electron chi connectivity index (χ3n) is 2.70. The first-order valence-electron chi connectivity index (χ1n) is 5.97. The van der Waals surface area contributed by atoms with Crippen LogP contribution in [0.25, 0.3) is 0 Å². The quantitative estimate of drug-likeness (QED) is 0.468. The van der Waals surface area contributed by atoms with Crippen molar-refractivity contribution in [1.82, 2.24) is 15.2 Å². The fraction of sp³-hybridized carbons (Fsp3) is 0.250. The minimum atomic E-state index is -0.563. The molecule has 8 heteroatoms. The SMILES string of the molecule is N#Cc1cc(NCCCc2ncn[nH]2)ccc1[N+](=O)[O-]. The average molecular weight is 272 g/mol. The molecule has 0 aliphatic heterocycles. The minimum absolute atomic E-state index is 0.0511. The van der Waals surface area contributed by atoms with E-state index in [1.54, 1.807) is 6.07 Å². The Morgan fingerprint density at radius 1 is 1.50 bits per heavy atom. The van der Waals surface area contributed by atoms with E-state index in [-0.39, 0.29) is 11.3 Å². The van der Waals surface area contributed by atoms with Gasteiger partial charge in [0.05, 0.1) is 4.92 Å². The van der Waals surface area contributed by atoms with E-state index in [4.69, 9.17) is 5.26 Å². The van der Waals surface area contributed by atoms with Crippen LogP contribution < -0.4 is 5.32 Å². The molecule has 8 nitrogen and oxygen atoms in total. The number of hydrogen-bond donors (Lipinski definition) is 2. The summed E-state index contributed by atoms with van der Waals surface area (Å²) < 4.78 is 0. The second-order valence-corrected chi connectivity index (χ2v) is 4.06. The van der Waals surface area contributed by atoms with Crippen LogP contribution in [0.2, 0.25) is 0 Å². The average Bonchev–Trinajstić information content (AvgIpc) is 2.96. The molecule has 1 heterocycles. The first-order valence-corrected chi connectivity index (χ1v) is 5.97. The Morgan fingerprint density at radius 2 is 2.35 bits per heavy atom. The van der Waals surface area contributed by atoms with E-state index in [1.807, 2.05) is 6.07 Å². The summed E-state index contributed by atoms with van der Waals surface area (Å²) in [5.41, 5.74) is 0.555. The number of nitrogens with one attached hydrogen (secondary N) is 2. The predicted molar refractivity (Wildman–Crippen MR) is 71.0 cm³/mol. The third kappa shape index (κ3) is 3.29. The van der Waals surface area contributed by atoms with Gasteiger partial charge >= 0.3 is 0 Å². The lowest BCUT2D eigenvalue weighted by atomic mass is 10.1. The topological polar surface area (TPSA) is 121 Å². The number of aromatic nitrogens is 3. The molecule has 0 saturated carbocycles. The van der Waals surface area contributed by atoms with Crippen molar-refractivity contribution in [2.45, 2.75) is 12.8 Å². The van der Waals surface area contributed by atoms with Crippen LogP contribution in [0.4, 0.5) is 11.4 Å². The Hall–Kier alpha value is -2.95. The van der Waals surface area contributed by atoms with Crippen molar-refractivity contribution >= 4 is 11.4 Å². The van der Waals surface area contributed by atoms with E-state index in [9.17, 15) is 10.1 Å². The van der Waals surface area contributed by atoms with Crippen LogP contribution in [0, 0.1) is 21.4 Å². The van der Waals surface area contributed by atoms with Gasteiger partial charge < -0.3 is 5.32 Å². The number of nitrogens with zero attached hydrogens (tertiary/aromatic N) is 4. The lowest BCUT2D eigenvalue weighted by molar-refractivity contribution is -0.385. The molecule has 1 aromatic carbocycles. The van der Waals surface area contributed by atoms with E-state index in [1.165, 1.54) is 18.5 Å². The lowest BCUT2D eigenvalue weighted by Gasteiger charge is -2.06. The molecule has 0 bridgehead atoms. The maximum Gasteiger partial charge on any atom is 0.287 e. The van der Waals surface area contributed by atoms with E-state index in [0.29, 0.717) is 12.2 Å².